The second-order valence-corrected chi connectivity index (χ2v) is 5.75. The Morgan fingerprint density at radius 3 is 2.71 bits per heavy atom. The van der Waals surface area contributed by atoms with Crippen LogP contribution < -0.4 is 0 Å². The second kappa shape index (κ2) is 5.72. The van der Waals surface area contributed by atoms with Crippen LogP contribution in [0.2, 0.25) is 0 Å². The average Bonchev–Trinajstić information content (AvgIpc) is 3.10. The Kier molecular flexibility index (Phi) is 4.50. The van der Waals surface area contributed by atoms with Gasteiger partial charge < -0.3 is 0 Å². The Bertz CT molecular complexity index is 387. The van der Waals surface area contributed by atoms with Crippen LogP contribution in [0.1, 0.15) is 31.2 Å². The van der Waals surface area contributed by atoms with Gasteiger partial charge in [0.25, 0.3) is 0 Å². The van der Waals surface area contributed by atoms with Gasteiger partial charge in [-0.25, -0.2) is 0 Å². The van der Waals surface area contributed by atoms with Gasteiger partial charge in [0.15, 0.2) is 0 Å². The van der Waals surface area contributed by atoms with Gasteiger partial charge in [0.05, 0.1) is 15.9 Å². The fourth-order valence-corrected chi connectivity index (χ4v) is 3.08. The van der Waals surface area contributed by atoms with Crippen LogP contribution in [-0.2, 0) is 20.0 Å². The highest BCUT2D eigenvalue weighted by atomic mass is 79.9. The fourth-order valence-electron chi connectivity index (χ4n) is 2.12. The maximum atomic E-state index is 5.87. The fraction of sp³-hybridized carbons (Fsp3) is 0.750. The molecule has 0 aliphatic heterocycles. The lowest BCUT2D eigenvalue weighted by Crippen LogP contribution is -2.28. The van der Waals surface area contributed by atoms with E-state index >= 15 is 0 Å². The van der Waals surface area contributed by atoms with Crippen molar-refractivity contribution in [2.75, 3.05) is 12.4 Å². The number of hydrogen-bond donors (Lipinski definition) is 0. The molecule has 1 heterocycles. The van der Waals surface area contributed by atoms with Crippen molar-refractivity contribution in [3.05, 3.63) is 15.9 Å². The first kappa shape index (κ1) is 13.4. The molecule has 96 valence electrons. The molecule has 2 rings (SSSR count). The van der Waals surface area contributed by atoms with Crippen molar-refractivity contribution in [3.8, 4) is 0 Å². The minimum Gasteiger partial charge on any atom is -0.293 e. The van der Waals surface area contributed by atoms with E-state index in [1.54, 1.807) is 0 Å². The third kappa shape index (κ3) is 3.04. The summed E-state index contributed by atoms with van der Waals surface area (Å²) in [6.45, 7) is 4.04. The third-order valence-corrected chi connectivity index (χ3v) is 4.38. The molecule has 0 atom stereocenters. The van der Waals surface area contributed by atoms with Gasteiger partial charge >= 0.3 is 0 Å². The molecule has 5 heteroatoms. The molecular formula is C12H19BrClN3. The minimum atomic E-state index is 0.701. The Balaban J connectivity index is 2.13. The summed E-state index contributed by atoms with van der Waals surface area (Å²) in [6.07, 6.45) is 3.59. The van der Waals surface area contributed by atoms with Gasteiger partial charge in [-0.2, -0.15) is 5.10 Å². The minimum absolute atomic E-state index is 0.701. The topological polar surface area (TPSA) is 21.1 Å². The van der Waals surface area contributed by atoms with Crippen LogP contribution in [0.4, 0.5) is 0 Å². The number of rotatable bonds is 6. The molecule has 0 spiro atoms. The predicted molar refractivity (Wildman–Crippen MR) is 74.4 cm³/mol. The summed E-state index contributed by atoms with van der Waals surface area (Å²) in [5.74, 6) is 0.701. The van der Waals surface area contributed by atoms with E-state index in [0.29, 0.717) is 5.88 Å². The van der Waals surface area contributed by atoms with Crippen LogP contribution in [0.25, 0.3) is 0 Å². The van der Waals surface area contributed by atoms with Crippen molar-refractivity contribution in [3.63, 3.8) is 0 Å². The number of aryl methyl sites for hydroxylation is 2. The standard InChI is InChI=1S/C12H19BrClN3/c1-3-10-12(13)11(16(2)15-10)8-17(7-6-14)9-4-5-9/h9H,3-8H2,1-2H3. The van der Waals surface area contributed by atoms with Crippen molar-refractivity contribution < 1.29 is 0 Å². The van der Waals surface area contributed by atoms with Gasteiger partial charge in [-0.15, -0.1) is 11.6 Å². The maximum Gasteiger partial charge on any atom is 0.0767 e. The molecule has 1 aromatic heterocycles. The Morgan fingerprint density at radius 2 is 2.24 bits per heavy atom. The van der Waals surface area contributed by atoms with Crippen molar-refractivity contribution in [2.24, 2.45) is 7.05 Å². The number of alkyl halides is 1. The van der Waals surface area contributed by atoms with Gasteiger partial charge in [-0.3, -0.25) is 9.58 Å². The zero-order valence-corrected chi connectivity index (χ0v) is 12.8. The van der Waals surface area contributed by atoms with E-state index in [0.717, 1.165) is 31.2 Å². The van der Waals surface area contributed by atoms with E-state index in [4.69, 9.17) is 11.6 Å². The highest BCUT2D eigenvalue weighted by Crippen LogP contribution is 2.30. The molecule has 0 bridgehead atoms. The van der Waals surface area contributed by atoms with E-state index in [-0.39, 0.29) is 0 Å². The van der Waals surface area contributed by atoms with Crippen LogP contribution in [0.3, 0.4) is 0 Å². The average molecular weight is 321 g/mol. The van der Waals surface area contributed by atoms with Crippen LogP contribution in [0.5, 0.6) is 0 Å². The normalized spacial score (nSPS) is 15.8. The molecule has 1 fully saturated rings. The highest BCUT2D eigenvalue weighted by Gasteiger charge is 2.29. The molecule has 0 radical (unpaired) electrons. The van der Waals surface area contributed by atoms with E-state index in [1.165, 1.54) is 23.0 Å². The van der Waals surface area contributed by atoms with Crippen molar-refractivity contribution in [1.29, 1.82) is 0 Å². The lowest BCUT2D eigenvalue weighted by molar-refractivity contribution is 0.263. The van der Waals surface area contributed by atoms with E-state index < -0.39 is 0 Å². The SMILES string of the molecule is CCc1nn(C)c(CN(CCCl)C2CC2)c1Br. The van der Waals surface area contributed by atoms with E-state index in [2.05, 4.69) is 32.9 Å². The van der Waals surface area contributed by atoms with Gasteiger partial charge in [0.1, 0.15) is 0 Å². The molecule has 17 heavy (non-hydrogen) atoms. The number of halogens is 2. The summed E-state index contributed by atoms with van der Waals surface area (Å²) in [6, 6.07) is 0.737. The zero-order chi connectivity index (χ0) is 12.4. The number of hydrogen-bond acceptors (Lipinski definition) is 2. The molecule has 0 N–H and O–H groups in total. The van der Waals surface area contributed by atoms with Gasteiger partial charge in [-0.1, -0.05) is 6.92 Å². The second-order valence-electron chi connectivity index (χ2n) is 4.58. The molecule has 0 unspecified atom stereocenters. The molecule has 3 nitrogen and oxygen atoms in total. The maximum absolute atomic E-state index is 5.87. The largest absolute Gasteiger partial charge is 0.293 e. The quantitative estimate of drug-likeness (QED) is 0.752. The highest BCUT2D eigenvalue weighted by molar-refractivity contribution is 9.10. The summed E-state index contributed by atoms with van der Waals surface area (Å²) < 4.78 is 3.16. The van der Waals surface area contributed by atoms with Gasteiger partial charge in [0.2, 0.25) is 0 Å². The first-order chi connectivity index (χ1) is 8.17. The monoisotopic (exact) mass is 319 g/mol. The molecular weight excluding hydrogens is 302 g/mol. The molecule has 0 saturated heterocycles. The summed E-state index contributed by atoms with van der Waals surface area (Å²) >= 11 is 9.54. The first-order valence-corrected chi connectivity index (χ1v) is 7.50. The number of nitrogens with zero attached hydrogens (tertiary/aromatic N) is 3. The van der Waals surface area contributed by atoms with Crippen LogP contribution in [-0.4, -0.2) is 33.1 Å². The van der Waals surface area contributed by atoms with Crippen LogP contribution in [0.15, 0.2) is 4.47 Å². The Labute approximate surface area is 116 Å². The molecule has 1 aromatic rings. The number of aromatic nitrogens is 2. The van der Waals surface area contributed by atoms with Gasteiger partial charge in [-0.05, 0) is 35.2 Å². The van der Waals surface area contributed by atoms with Crippen molar-refractivity contribution >= 4 is 27.5 Å². The van der Waals surface area contributed by atoms with Gasteiger partial charge in [0, 0.05) is 32.1 Å². The Hall–Kier alpha value is -0.0600. The predicted octanol–water partition coefficient (Wildman–Crippen LogP) is 2.95. The summed E-state index contributed by atoms with van der Waals surface area (Å²) in [4.78, 5) is 2.47. The molecule has 1 saturated carbocycles. The van der Waals surface area contributed by atoms with Crippen molar-refractivity contribution in [2.45, 2.75) is 38.8 Å². The smallest absolute Gasteiger partial charge is 0.0767 e. The van der Waals surface area contributed by atoms with Crippen molar-refractivity contribution in [1.82, 2.24) is 14.7 Å². The molecule has 0 amide bonds. The molecule has 1 aliphatic rings. The Morgan fingerprint density at radius 1 is 1.53 bits per heavy atom. The van der Waals surface area contributed by atoms with E-state index in [1.807, 2.05) is 11.7 Å². The lowest BCUT2D eigenvalue weighted by atomic mass is 10.3. The summed E-state index contributed by atoms with van der Waals surface area (Å²) in [7, 11) is 2.02. The lowest BCUT2D eigenvalue weighted by Gasteiger charge is -2.20. The zero-order valence-electron chi connectivity index (χ0n) is 10.4. The van der Waals surface area contributed by atoms with Crippen LogP contribution in [0, 0.1) is 0 Å². The van der Waals surface area contributed by atoms with E-state index in [9.17, 15) is 0 Å². The summed E-state index contributed by atoms with van der Waals surface area (Å²) in [5.41, 5.74) is 2.41. The third-order valence-electron chi connectivity index (χ3n) is 3.29. The molecule has 1 aliphatic carbocycles. The van der Waals surface area contributed by atoms with Crippen LogP contribution >= 0.6 is 27.5 Å². The molecule has 0 aromatic carbocycles. The summed E-state index contributed by atoms with van der Waals surface area (Å²) in [5, 5.41) is 4.53. The first-order valence-electron chi connectivity index (χ1n) is 6.17.